The summed E-state index contributed by atoms with van der Waals surface area (Å²) in [5, 5.41) is 4.08. The van der Waals surface area contributed by atoms with Gasteiger partial charge in [0.05, 0.1) is 6.33 Å². The van der Waals surface area contributed by atoms with Gasteiger partial charge < -0.3 is 9.97 Å². The molecule has 55 heavy (non-hydrogen) atoms. The highest BCUT2D eigenvalue weighted by Crippen LogP contribution is 2.06. The van der Waals surface area contributed by atoms with Crippen LogP contribution in [0.5, 0.6) is 0 Å². The van der Waals surface area contributed by atoms with Crippen LogP contribution in [0.1, 0.15) is 134 Å². The molecule has 6 aromatic rings. The first kappa shape index (κ1) is 57.2. The fraction of sp³-hybridized carbons (Fsp3) is 0.478. The lowest BCUT2D eigenvalue weighted by molar-refractivity contribution is 0.736. The van der Waals surface area contributed by atoms with Crippen LogP contribution in [0.3, 0.4) is 0 Å². The van der Waals surface area contributed by atoms with Crippen LogP contribution in [-0.4, -0.2) is 39.9 Å². The zero-order valence-corrected chi connectivity index (χ0v) is 38.1. The summed E-state index contributed by atoms with van der Waals surface area (Å²) in [6, 6.07) is 17.3. The van der Waals surface area contributed by atoms with Gasteiger partial charge in [-0.2, -0.15) is 11.3 Å². The molecule has 0 radical (unpaired) electrons. The minimum atomic E-state index is 0.436. The summed E-state index contributed by atoms with van der Waals surface area (Å²) in [7, 11) is 0. The quantitative estimate of drug-likeness (QED) is 0.181. The number of nitrogens with zero attached hydrogens (tertiary/aromatic N) is 6. The van der Waals surface area contributed by atoms with E-state index in [-0.39, 0.29) is 0 Å². The fourth-order valence-corrected chi connectivity index (χ4v) is 2.72. The maximum absolute atomic E-state index is 4.07. The number of rotatable bonds is 2. The number of H-pyrrole nitrogens is 2. The largest absolute Gasteiger partial charge is 0.351 e. The Balaban J connectivity index is -0.000000267. The number of thiophene rings is 1. The van der Waals surface area contributed by atoms with E-state index < -0.39 is 0 Å². The zero-order chi connectivity index (χ0) is 42.5. The number of imidazole rings is 2. The van der Waals surface area contributed by atoms with Crippen molar-refractivity contribution in [2.75, 3.05) is 0 Å². The lowest BCUT2D eigenvalue weighted by atomic mass is 10.2. The molecule has 308 valence electrons. The molecular formula is C46H78N8S. The molecule has 6 rings (SSSR count). The topological polar surface area (TPSA) is 109 Å². The van der Waals surface area contributed by atoms with Gasteiger partial charge in [-0.1, -0.05) is 135 Å². The van der Waals surface area contributed by atoms with Gasteiger partial charge in [0.15, 0.2) is 0 Å². The first-order chi connectivity index (χ1) is 26.0. The molecule has 0 saturated heterocycles. The molecule has 0 saturated carbocycles. The van der Waals surface area contributed by atoms with Crippen LogP contribution in [0.4, 0.5) is 0 Å². The molecule has 0 bridgehead atoms. The summed E-state index contributed by atoms with van der Waals surface area (Å²) in [4.78, 5) is 29.2. The number of hydrogen-bond acceptors (Lipinski definition) is 7. The first-order valence-corrected chi connectivity index (χ1v) is 20.3. The lowest BCUT2D eigenvalue weighted by Gasteiger charge is -1.98. The smallest absolute Gasteiger partial charge is 0.130 e. The van der Waals surface area contributed by atoms with E-state index in [2.05, 4.69) is 151 Å². The van der Waals surface area contributed by atoms with E-state index in [0.29, 0.717) is 11.8 Å². The highest BCUT2D eigenvalue weighted by atomic mass is 32.1. The van der Waals surface area contributed by atoms with Crippen molar-refractivity contribution in [1.29, 1.82) is 0 Å². The second-order valence-corrected chi connectivity index (χ2v) is 15.7. The predicted octanol–water partition coefficient (Wildman–Crippen LogP) is 14.1. The Morgan fingerprint density at radius 1 is 0.400 bits per heavy atom. The van der Waals surface area contributed by atoms with Gasteiger partial charge in [0.1, 0.15) is 11.6 Å². The Hall–Kier alpha value is -4.50. The van der Waals surface area contributed by atoms with Crippen LogP contribution >= 0.6 is 11.3 Å². The molecular weight excluding hydrogens is 697 g/mol. The van der Waals surface area contributed by atoms with Crippen molar-refractivity contribution in [1.82, 2.24) is 39.9 Å². The summed E-state index contributed by atoms with van der Waals surface area (Å²) in [5.41, 5.74) is 0. The van der Waals surface area contributed by atoms with E-state index >= 15 is 0 Å². The fourth-order valence-electron chi connectivity index (χ4n) is 2.27. The maximum Gasteiger partial charge on any atom is 0.130 e. The monoisotopic (exact) mass is 775 g/mol. The third-order valence-electron chi connectivity index (χ3n) is 4.13. The third-order valence-corrected chi connectivity index (χ3v) is 4.76. The molecule has 0 unspecified atom stereocenters. The number of aromatic nitrogens is 8. The van der Waals surface area contributed by atoms with E-state index in [9.17, 15) is 0 Å². The summed E-state index contributed by atoms with van der Waals surface area (Å²) in [6.45, 7) is 34.4. The molecule has 0 aliphatic rings. The van der Waals surface area contributed by atoms with Crippen molar-refractivity contribution >= 4 is 11.3 Å². The number of hydrogen-bond donors (Lipinski definition) is 2. The highest BCUT2D eigenvalue weighted by Gasteiger charge is 1.98. The molecule has 0 aliphatic carbocycles. The van der Waals surface area contributed by atoms with Crippen LogP contribution in [0.25, 0.3) is 0 Å². The van der Waals surface area contributed by atoms with Crippen molar-refractivity contribution in [3.63, 3.8) is 0 Å². The summed E-state index contributed by atoms with van der Waals surface area (Å²) >= 11 is 1.71. The van der Waals surface area contributed by atoms with E-state index in [0.717, 1.165) is 35.3 Å². The summed E-state index contributed by atoms with van der Waals surface area (Å²) in [5.74, 6) is 6.26. The van der Waals surface area contributed by atoms with Crippen molar-refractivity contribution in [2.24, 2.45) is 23.7 Å². The molecule has 0 aliphatic heterocycles. The number of nitrogens with one attached hydrogen (secondary N) is 2. The standard InChI is InChI=1S/C7H10N2.C6H10N2.2C5H5N.C4H4S.4C4H10.C3H4N2/c1-6(2)7-8-4-3-5-9-7;1-5(2)6-7-3-4-8-6;2*1-2-4-6-5-3-1;1-2-4-5-3-1;4*1-4(2)3;1-2-5-3-4-1/h3-6H,1-2H3;3-5H,1-2H3,(H,7,8);2*1-5H;1-4H;4*4H,1-3H3;1-3H,(H,4,5). The predicted molar refractivity (Wildman–Crippen MR) is 242 cm³/mol. The molecule has 0 amide bonds. The van der Waals surface area contributed by atoms with Crippen LogP contribution in [0.15, 0.2) is 134 Å². The Kier molecular flexibility index (Phi) is 47.5. The van der Waals surface area contributed by atoms with Gasteiger partial charge in [-0.3, -0.25) is 9.97 Å². The molecule has 6 aromatic heterocycles. The molecule has 9 heteroatoms. The number of aromatic amines is 2. The van der Waals surface area contributed by atoms with Crippen LogP contribution in [-0.2, 0) is 0 Å². The van der Waals surface area contributed by atoms with Gasteiger partial charge in [0.2, 0.25) is 0 Å². The SMILES string of the molecule is CC(C)C.CC(C)C.CC(C)C.CC(C)C.CC(C)c1ncc[nH]1.CC(C)c1ncccn1.c1c[nH]cn1.c1ccncc1.c1ccncc1.c1ccsc1. The Bertz CT molecular complexity index is 1190. The van der Waals surface area contributed by atoms with E-state index in [1.54, 1.807) is 73.4 Å². The maximum atomic E-state index is 4.07. The Morgan fingerprint density at radius 2 is 0.818 bits per heavy atom. The van der Waals surface area contributed by atoms with Gasteiger partial charge in [-0.25, -0.2) is 19.9 Å². The zero-order valence-electron chi connectivity index (χ0n) is 37.3. The second-order valence-electron chi connectivity index (χ2n) is 14.9. The average Bonchev–Trinajstić information content (AvgIpc) is 3.97. The summed E-state index contributed by atoms with van der Waals surface area (Å²) in [6.07, 6.45) is 19.2. The Morgan fingerprint density at radius 3 is 0.964 bits per heavy atom. The van der Waals surface area contributed by atoms with E-state index in [4.69, 9.17) is 0 Å². The second kappa shape index (κ2) is 45.7. The highest BCUT2D eigenvalue weighted by molar-refractivity contribution is 7.07. The van der Waals surface area contributed by atoms with Crippen molar-refractivity contribution < 1.29 is 0 Å². The molecule has 0 atom stereocenters. The van der Waals surface area contributed by atoms with Gasteiger partial charge in [0, 0.05) is 73.8 Å². The van der Waals surface area contributed by atoms with Crippen LogP contribution in [0, 0.1) is 23.7 Å². The van der Waals surface area contributed by atoms with E-state index in [1.807, 2.05) is 71.6 Å². The third kappa shape index (κ3) is 68.1. The molecule has 2 N–H and O–H groups in total. The number of pyridine rings is 2. The lowest BCUT2D eigenvalue weighted by Crippen LogP contribution is -1.93. The van der Waals surface area contributed by atoms with Gasteiger partial charge >= 0.3 is 0 Å². The van der Waals surface area contributed by atoms with Gasteiger partial charge in [0.25, 0.3) is 0 Å². The van der Waals surface area contributed by atoms with Gasteiger partial charge in [-0.05, 0) is 64.8 Å². The van der Waals surface area contributed by atoms with Crippen molar-refractivity contribution in [2.45, 2.75) is 123 Å². The molecule has 0 spiro atoms. The van der Waals surface area contributed by atoms with E-state index in [1.165, 1.54) is 0 Å². The van der Waals surface area contributed by atoms with Crippen molar-refractivity contribution in [3.05, 3.63) is 145 Å². The van der Waals surface area contributed by atoms with Gasteiger partial charge in [-0.15, -0.1) is 0 Å². The minimum absolute atomic E-state index is 0.436. The first-order valence-electron chi connectivity index (χ1n) is 19.4. The molecule has 8 nitrogen and oxygen atoms in total. The molecule has 0 aromatic carbocycles. The molecule has 6 heterocycles. The molecule has 0 fully saturated rings. The van der Waals surface area contributed by atoms with Crippen LogP contribution < -0.4 is 0 Å². The summed E-state index contributed by atoms with van der Waals surface area (Å²) < 4.78 is 0. The van der Waals surface area contributed by atoms with Crippen LogP contribution in [0.2, 0.25) is 0 Å². The average molecular weight is 775 g/mol. The Labute approximate surface area is 341 Å². The minimum Gasteiger partial charge on any atom is -0.351 e. The normalized spacial score (nSPS) is 8.98. The van der Waals surface area contributed by atoms with Crippen molar-refractivity contribution in [3.8, 4) is 0 Å².